The molecule has 0 amide bonds. The van der Waals surface area contributed by atoms with E-state index in [0.29, 0.717) is 39.1 Å². The van der Waals surface area contributed by atoms with Crippen LogP contribution in [0.15, 0.2) is 23.3 Å². The van der Waals surface area contributed by atoms with Crippen molar-refractivity contribution in [2.45, 2.75) is 50.3 Å². The molecule has 4 atom stereocenters. The van der Waals surface area contributed by atoms with Gasteiger partial charge in [0.05, 0.1) is 30.2 Å². The molecule has 0 spiro atoms. The van der Waals surface area contributed by atoms with Crippen molar-refractivity contribution >= 4 is 41.3 Å². The van der Waals surface area contributed by atoms with Gasteiger partial charge in [-0.1, -0.05) is 20.4 Å². The van der Waals surface area contributed by atoms with Crippen LogP contribution in [0.2, 0.25) is 0 Å². The summed E-state index contributed by atoms with van der Waals surface area (Å²) in [4.78, 5) is 19.2. The molecule has 10 heteroatoms. The molecule has 2 aromatic heterocycles. The molecule has 1 aliphatic heterocycles. The van der Waals surface area contributed by atoms with Gasteiger partial charge < -0.3 is 10.1 Å². The molecule has 1 saturated heterocycles. The summed E-state index contributed by atoms with van der Waals surface area (Å²) in [6, 6.07) is 0.663. The number of imidazole rings is 1. The van der Waals surface area contributed by atoms with Gasteiger partial charge in [0.15, 0.2) is 5.01 Å². The second kappa shape index (κ2) is 7.81. The van der Waals surface area contributed by atoms with Crippen molar-refractivity contribution in [2.24, 2.45) is 5.10 Å². The Hall–Kier alpha value is -2.20. The lowest BCUT2D eigenvalue weighted by molar-refractivity contribution is -0.390. The maximum absolute atomic E-state index is 11.1. The molecule has 0 aliphatic carbocycles. The summed E-state index contributed by atoms with van der Waals surface area (Å²) in [5, 5.41) is 21.3. The highest BCUT2D eigenvalue weighted by Gasteiger charge is 2.34. The Kier molecular flexibility index (Phi) is 5.66. The highest BCUT2D eigenvalue weighted by molar-refractivity contribution is 8.00. The topological polar surface area (TPSA) is 89.4 Å². The van der Waals surface area contributed by atoms with Gasteiger partial charge in [-0.25, -0.2) is 9.97 Å². The summed E-state index contributed by atoms with van der Waals surface area (Å²) in [6.07, 6.45) is 4.33. The quantitative estimate of drug-likeness (QED) is 0.424. The zero-order valence-electron chi connectivity index (χ0n) is 15.6. The lowest BCUT2D eigenvalue weighted by atomic mass is 10.1. The predicted molar refractivity (Wildman–Crippen MR) is 111 cm³/mol. The first-order valence-corrected chi connectivity index (χ1v) is 10.4. The number of nitrogens with zero attached hydrogens (tertiary/aromatic N) is 6. The predicted octanol–water partition coefficient (Wildman–Crippen LogP) is 3.95. The average molecular weight is 407 g/mol. The summed E-state index contributed by atoms with van der Waals surface area (Å²) in [5.74, 6) is 0.265. The number of hydrogen-bond donors (Lipinski definition) is 0. The van der Waals surface area contributed by atoms with Crippen LogP contribution in [0.5, 0.6) is 0 Å². The second-order valence-corrected chi connectivity index (χ2v) is 9.10. The number of hydrazone groups is 1. The van der Waals surface area contributed by atoms with Crippen molar-refractivity contribution in [1.29, 1.82) is 0 Å². The van der Waals surface area contributed by atoms with E-state index < -0.39 is 4.92 Å². The van der Waals surface area contributed by atoms with Crippen LogP contribution in [-0.4, -0.2) is 53.3 Å². The second-order valence-electron chi connectivity index (χ2n) is 6.48. The third-order valence-corrected chi connectivity index (χ3v) is 7.31. The molecule has 2 aromatic rings. The molecule has 3 heterocycles. The zero-order valence-corrected chi connectivity index (χ0v) is 17.3. The summed E-state index contributed by atoms with van der Waals surface area (Å²) in [7, 11) is 0. The summed E-state index contributed by atoms with van der Waals surface area (Å²) < 4.78 is 1.33. The van der Waals surface area contributed by atoms with E-state index in [0.717, 1.165) is 0 Å². The number of thioether (sulfide) groups is 1. The van der Waals surface area contributed by atoms with E-state index in [-0.39, 0.29) is 5.82 Å². The van der Waals surface area contributed by atoms with E-state index in [1.807, 2.05) is 17.1 Å². The van der Waals surface area contributed by atoms with Crippen molar-refractivity contribution in [3.8, 4) is 10.8 Å². The first kappa shape index (κ1) is 19.6. The molecule has 1 fully saturated rings. The average Bonchev–Trinajstić information content (AvgIpc) is 3.26. The largest absolute Gasteiger partial charge is 0.358 e. The van der Waals surface area contributed by atoms with Crippen LogP contribution < -0.4 is 0 Å². The van der Waals surface area contributed by atoms with Gasteiger partial charge in [-0.3, -0.25) is 5.01 Å². The number of hydrogen-bond acceptors (Lipinski definition) is 8. The van der Waals surface area contributed by atoms with E-state index in [2.05, 4.69) is 54.4 Å². The molecular weight excluding hydrogens is 384 g/mol. The van der Waals surface area contributed by atoms with E-state index in [1.165, 1.54) is 28.3 Å². The van der Waals surface area contributed by atoms with Crippen LogP contribution >= 0.6 is 23.1 Å². The molecular formula is C17H22N6O2S2. The van der Waals surface area contributed by atoms with Crippen LogP contribution in [0.1, 0.15) is 33.4 Å². The smallest absolute Gasteiger partial charge is 0.347 e. The van der Waals surface area contributed by atoms with Crippen molar-refractivity contribution < 1.29 is 4.92 Å². The molecule has 0 radical (unpaired) electrons. The normalized spacial score (nSPS) is 25.9. The Labute approximate surface area is 166 Å². The van der Waals surface area contributed by atoms with Gasteiger partial charge in [0.2, 0.25) is 0 Å². The van der Waals surface area contributed by atoms with Crippen LogP contribution in [0.25, 0.3) is 17.0 Å². The fraction of sp³-hybridized carbons (Fsp3) is 0.471. The van der Waals surface area contributed by atoms with Crippen LogP contribution in [0.4, 0.5) is 5.82 Å². The summed E-state index contributed by atoms with van der Waals surface area (Å²) in [5.41, 5.74) is 0.703. The summed E-state index contributed by atoms with van der Waals surface area (Å²) >= 11 is 3.36. The molecule has 3 rings (SSSR count). The Morgan fingerprint density at radius 2 is 1.96 bits per heavy atom. The molecule has 144 valence electrons. The number of thiazole rings is 1. The van der Waals surface area contributed by atoms with Gasteiger partial charge in [0.25, 0.3) is 5.82 Å². The van der Waals surface area contributed by atoms with Crippen molar-refractivity contribution in [1.82, 2.24) is 19.5 Å². The van der Waals surface area contributed by atoms with Crippen molar-refractivity contribution in [3.63, 3.8) is 0 Å². The highest BCUT2D eigenvalue weighted by atomic mass is 32.2. The number of rotatable bonds is 5. The van der Waals surface area contributed by atoms with E-state index in [1.54, 1.807) is 6.21 Å². The third-order valence-electron chi connectivity index (χ3n) is 4.81. The Balaban J connectivity index is 1.83. The van der Waals surface area contributed by atoms with Crippen molar-refractivity contribution in [2.75, 3.05) is 0 Å². The monoisotopic (exact) mass is 406 g/mol. The van der Waals surface area contributed by atoms with Crippen LogP contribution in [-0.2, 0) is 0 Å². The van der Waals surface area contributed by atoms with Gasteiger partial charge in [-0.2, -0.15) is 21.4 Å². The molecule has 0 aromatic carbocycles. The van der Waals surface area contributed by atoms with E-state index >= 15 is 0 Å². The molecule has 0 N–H and O–H groups in total. The lowest BCUT2D eigenvalue weighted by Gasteiger charge is -2.43. The lowest BCUT2D eigenvalue weighted by Crippen LogP contribution is -2.50. The fourth-order valence-corrected chi connectivity index (χ4v) is 5.12. The first-order valence-electron chi connectivity index (χ1n) is 8.61. The van der Waals surface area contributed by atoms with Gasteiger partial charge in [-0.15, -0.1) is 11.3 Å². The Morgan fingerprint density at radius 1 is 1.30 bits per heavy atom. The first-order chi connectivity index (χ1) is 12.8. The SMILES string of the molecule is C=Cn1c([N+](=O)[O-])cnc1-c1nc(C=NN2C(C)C(C)SC(C)C2C)cs1. The standard InChI is InChI=1S/C17H22N6O2S2/c1-6-21-15(23(24)25)8-18-16(21)17-20-14(9-26-17)7-19-22-10(2)12(4)27-13(5)11(22)3/h6-13H,1H2,2-5H3. The number of aromatic nitrogens is 3. The van der Waals surface area contributed by atoms with Crippen molar-refractivity contribution in [3.05, 3.63) is 34.0 Å². The molecule has 0 bridgehead atoms. The van der Waals surface area contributed by atoms with E-state index in [9.17, 15) is 10.1 Å². The Morgan fingerprint density at radius 3 is 2.56 bits per heavy atom. The molecule has 27 heavy (non-hydrogen) atoms. The molecule has 0 saturated carbocycles. The highest BCUT2D eigenvalue weighted by Crippen LogP contribution is 2.34. The fourth-order valence-electron chi connectivity index (χ4n) is 2.98. The molecule has 1 aliphatic rings. The van der Waals surface area contributed by atoms with Gasteiger partial charge in [-0.05, 0) is 18.8 Å². The van der Waals surface area contributed by atoms with Gasteiger partial charge >= 0.3 is 5.82 Å². The minimum absolute atomic E-state index is 0.137. The summed E-state index contributed by atoms with van der Waals surface area (Å²) in [6.45, 7) is 12.4. The maximum atomic E-state index is 11.1. The zero-order chi connectivity index (χ0) is 19.7. The maximum Gasteiger partial charge on any atom is 0.347 e. The van der Waals surface area contributed by atoms with Gasteiger partial charge in [0, 0.05) is 15.9 Å². The van der Waals surface area contributed by atoms with Crippen LogP contribution in [0, 0.1) is 10.1 Å². The molecule has 8 nitrogen and oxygen atoms in total. The third kappa shape index (κ3) is 3.77. The van der Waals surface area contributed by atoms with Gasteiger partial charge in [0.1, 0.15) is 6.20 Å². The molecule has 4 unspecified atom stereocenters. The number of nitro groups is 1. The van der Waals surface area contributed by atoms with E-state index in [4.69, 9.17) is 0 Å². The minimum atomic E-state index is -0.492. The Bertz CT molecular complexity index is 863. The van der Waals surface area contributed by atoms with Crippen LogP contribution in [0.3, 0.4) is 0 Å². The minimum Gasteiger partial charge on any atom is -0.358 e.